The first-order valence-electron chi connectivity index (χ1n) is 5.53. The van der Waals surface area contributed by atoms with Gasteiger partial charge in [-0.25, -0.2) is 4.98 Å². The lowest BCUT2D eigenvalue weighted by molar-refractivity contribution is 0.0768. The van der Waals surface area contributed by atoms with E-state index in [9.17, 15) is 4.79 Å². The molecule has 0 bridgehead atoms. The molecule has 0 saturated heterocycles. The number of rotatable bonds is 4. The maximum atomic E-state index is 12.1. The van der Waals surface area contributed by atoms with Crippen molar-refractivity contribution < 1.29 is 4.79 Å². The van der Waals surface area contributed by atoms with Crippen molar-refractivity contribution in [1.82, 2.24) is 9.88 Å². The number of carbonyl (C=O) groups is 1. The number of thiophene rings is 1. The van der Waals surface area contributed by atoms with Gasteiger partial charge in [-0.3, -0.25) is 4.79 Å². The Balaban J connectivity index is 2.21. The lowest BCUT2D eigenvalue weighted by Gasteiger charge is -2.16. The van der Waals surface area contributed by atoms with E-state index in [1.165, 1.54) is 11.3 Å². The summed E-state index contributed by atoms with van der Waals surface area (Å²) in [6.07, 6.45) is 0. The summed E-state index contributed by atoms with van der Waals surface area (Å²) in [5.74, 6) is 0.0210. The van der Waals surface area contributed by atoms with Crippen molar-refractivity contribution in [2.24, 2.45) is 0 Å². The van der Waals surface area contributed by atoms with Crippen molar-refractivity contribution in [2.75, 3.05) is 13.1 Å². The van der Waals surface area contributed by atoms with Crippen LogP contribution in [-0.4, -0.2) is 28.9 Å². The summed E-state index contributed by atoms with van der Waals surface area (Å²) in [5, 5.41) is 6.82. The van der Waals surface area contributed by atoms with Gasteiger partial charge in [-0.15, -0.1) is 11.3 Å². The van der Waals surface area contributed by atoms with E-state index < -0.39 is 0 Å². The first kappa shape index (κ1) is 12.3. The van der Waals surface area contributed by atoms with E-state index in [0.29, 0.717) is 5.69 Å². The average molecular weight is 266 g/mol. The summed E-state index contributed by atoms with van der Waals surface area (Å²) in [4.78, 5) is 18.3. The fourth-order valence-corrected chi connectivity index (χ4v) is 3.07. The van der Waals surface area contributed by atoms with Crippen LogP contribution in [0.1, 0.15) is 24.3 Å². The highest BCUT2D eigenvalue weighted by molar-refractivity contribution is 7.14. The molecule has 0 spiro atoms. The second-order valence-electron chi connectivity index (χ2n) is 3.53. The summed E-state index contributed by atoms with van der Waals surface area (Å²) >= 11 is 3.16. The van der Waals surface area contributed by atoms with E-state index in [0.717, 1.165) is 23.7 Å². The first-order chi connectivity index (χ1) is 8.26. The second-order valence-corrected chi connectivity index (χ2v) is 5.17. The average Bonchev–Trinajstić information content (AvgIpc) is 3.01. The molecule has 0 aromatic carbocycles. The van der Waals surface area contributed by atoms with E-state index >= 15 is 0 Å². The Morgan fingerprint density at radius 3 is 2.71 bits per heavy atom. The third kappa shape index (κ3) is 2.56. The van der Waals surface area contributed by atoms with Gasteiger partial charge in [-0.1, -0.05) is 0 Å². The molecular weight excluding hydrogens is 252 g/mol. The van der Waals surface area contributed by atoms with Gasteiger partial charge in [0, 0.05) is 29.4 Å². The second kappa shape index (κ2) is 5.42. The number of aromatic nitrogens is 1. The van der Waals surface area contributed by atoms with Gasteiger partial charge < -0.3 is 4.90 Å². The molecule has 5 heteroatoms. The van der Waals surface area contributed by atoms with E-state index in [-0.39, 0.29) is 5.91 Å². The molecule has 2 aromatic heterocycles. The van der Waals surface area contributed by atoms with Crippen LogP contribution in [0.2, 0.25) is 0 Å². The van der Waals surface area contributed by atoms with Crippen LogP contribution in [0, 0.1) is 0 Å². The highest BCUT2D eigenvalue weighted by Crippen LogP contribution is 2.26. The molecule has 1 amide bonds. The predicted molar refractivity (Wildman–Crippen MR) is 72.7 cm³/mol. The Labute approximate surface area is 109 Å². The molecule has 17 heavy (non-hydrogen) atoms. The smallest absolute Gasteiger partial charge is 0.273 e. The zero-order chi connectivity index (χ0) is 12.3. The third-order valence-corrected chi connectivity index (χ3v) is 4.12. The van der Waals surface area contributed by atoms with Crippen LogP contribution in [0.15, 0.2) is 22.2 Å². The van der Waals surface area contributed by atoms with Gasteiger partial charge in [0.05, 0.1) is 0 Å². The minimum atomic E-state index is 0.0210. The molecule has 0 aliphatic carbocycles. The minimum absolute atomic E-state index is 0.0210. The molecule has 0 aliphatic rings. The molecule has 0 atom stereocenters. The zero-order valence-corrected chi connectivity index (χ0v) is 11.5. The minimum Gasteiger partial charge on any atom is -0.338 e. The fourth-order valence-electron chi connectivity index (χ4n) is 1.56. The molecule has 2 rings (SSSR count). The summed E-state index contributed by atoms with van der Waals surface area (Å²) < 4.78 is 0. The number of hydrogen-bond acceptors (Lipinski definition) is 4. The quantitative estimate of drug-likeness (QED) is 0.850. The van der Waals surface area contributed by atoms with Crippen molar-refractivity contribution in [2.45, 2.75) is 13.8 Å². The Morgan fingerprint density at radius 2 is 2.12 bits per heavy atom. The Hall–Kier alpha value is -1.20. The van der Waals surface area contributed by atoms with Gasteiger partial charge in [0.25, 0.3) is 5.91 Å². The molecule has 0 fully saturated rings. The summed E-state index contributed by atoms with van der Waals surface area (Å²) in [6, 6.07) is 2.02. The third-order valence-electron chi connectivity index (χ3n) is 2.54. The Kier molecular flexibility index (Phi) is 3.91. The number of amides is 1. The van der Waals surface area contributed by atoms with Gasteiger partial charge in [-0.05, 0) is 25.3 Å². The lowest BCUT2D eigenvalue weighted by atomic mass is 10.3. The summed E-state index contributed by atoms with van der Waals surface area (Å²) in [7, 11) is 0. The van der Waals surface area contributed by atoms with E-state index in [1.54, 1.807) is 16.2 Å². The zero-order valence-electron chi connectivity index (χ0n) is 9.84. The molecule has 2 aromatic rings. The van der Waals surface area contributed by atoms with Gasteiger partial charge in [0.15, 0.2) is 0 Å². The van der Waals surface area contributed by atoms with E-state index in [2.05, 4.69) is 4.98 Å². The Bertz CT molecular complexity index is 486. The largest absolute Gasteiger partial charge is 0.338 e. The molecule has 3 nitrogen and oxygen atoms in total. The van der Waals surface area contributed by atoms with Crippen LogP contribution in [0.5, 0.6) is 0 Å². The standard InChI is InChI=1S/C12H14N2OS2/c1-3-14(4-2)12(15)10-8-17-11(13-10)9-5-6-16-7-9/h5-8H,3-4H2,1-2H3. The summed E-state index contributed by atoms with van der Waals surface area (Å²) in [6.45, 7) is 5.41. The van der Waals surface area contributed by atoms with Crippen LogP contribution < -0.4 is 0 Å². The number of carbonyl (C=O) groups excluding carboxylic acids is 1. The molecule has 0 aliphatic heterocycles. The normalized spacial score (nSPS) is 10.5. The Morgan fingerprint density at radius 1 is 1.35 bits per heavy atom. The van der Waals surface area contributed by atoms with Crippen LogP contribution >= 0.6 is 22.7 Å². The highest BCUT2D eigenvalue weighted by Gasteiger charge is 2.16. The van der Waals surface area contributed by atoms with Crippen molar-refractivity contribution >= 4 is 28.6 Å². The predicted octanol–water partition coefficient (Wildman–Crippen LogP) is 3.35. The van der Waals surface area contributed by atoms with Crippen LogP contribution in [0.4, 0.5) is 0 Å². The molecule has 2 heterocycles. The molecule has 0 radical (unpaired) electrons. The SMILES string of the molecule is CCN(CC)C(=O)c1csc(-c2ccsc2)n1. The van der Waals surface area contributed by atoms with Gasteiger partial charge >= 0.3 is 0 Å². The maximum Gasteiger partial charge on any atom is 0.273 e. The fraction of sp³-hybridized carbons (Fsp3) is 0.333. The van der Waals surface area contributed by atoms with E-state index in [1.807, 2.05) is 36.1 Å². The van der Waals surface area contributed by atoms with Gasteiger partial charge in [-0.2, -0.15) is 11.3 Å². The molecule has 0 saturated carbocycles. The maximum absolute atomic E-state index is 12.1. The van der Waals surface area contributed by atoms with Crippen molar-refractivity contribution in [3.63, 3.8) is 0 Å². The first-order valence-corrected chi connectivity index (χ1v) is 7.35. The van der Waals surface area contributed by atoms with Crippen molar-refractivity contribution in [1.29, 1.82) is 0 Å². The van der Waals surface area contributed by atoms with Gasteiger partial charge in [0.1, 0.15) is 10.7 Å². The van der Waals surface area contributed by atoms with Crippen LogP contribution in [-0.2, 0) is 0 Å². The monoisotopic (exact) mass is 266 g/mol. The van der Waals surface area contributed by atoms with Crippen LogP contribution in [0.3, 0.4) is 0 Å². The molecule has 90 valence electrons. The number of hydrogen-bond donors (Lipinski definition) is 0. The van der Waals surface area contributed by atoms with Crippen molar-refractivity contribution in [3.8, 4) is 10.6 Å². The molecule has 0 N–H and O–H groups in total. The van der Waals surface area contributed by atoms with Gasteiger partial charge in [0.2, 0.25) is 0 Å². The topological polar surface area (TPSA) is 33.2 Å². The molecular formula is C12H14N2OS2. The lowest BCUT2D eigenvalue weighted by Crippen LogP contribution is -2.30. The van der Waals surface area contributed by atoms with E-state index in [4.69, 9.17) is 0 Å². The molecule has 0 unspecified atom stereocenters. The summed E-state index contributed by atoms with van der Waals surface area (Å²) in [5.41, 5.74) is 1.65. The van der Waals surface area contributed by atoms with Crippen LogP contribution in [0.25, 0.3) is 10.6 Å². The van der Waals surface area contributed by atoms with Crippen molar-refractivity contribution in [3.05, 3.63) is 27.9 Å². The highest BCUT2D eigenvalue weighted by atomic mass is 32.1. The number of nitrogens with zero attached hydrogens (tertiary/aromatic N) is 2. The number of thiazole rings is 1.